The molecule has 1 saturated heterocycles. The van der Waals surface area contributed by atoms with Crippen LogP contribution in [-0.4, -0.2) is 49.3 Å². The number of benzene rings is 1. The minimum absolute atomic E-state index is 0.0735. The van der Waals surface area contributed by atoms with E-state index >= 15 is 0 Å². The van der Waals surface area contributed by atoms with Crippen LogP contribution in [0.15, 0.2) is 53.7 Å². The van der Waals surface area contributed by atoms with Crippen LogP contribution in [0.5, 0.6) is 0 Å². The Labute approximate surface area is 190 Å². The molecule has 3 rings (SSSR count). The van der Waals surface area contributed by atoms with E-state index in [1.165, 1.54) is 5.56 Å². The molecule has 1 atom stereocenters. The van der Waals surface area contributed by atoms with Crippen molar-refractivity contribution in [3.05, 3.63) is 64.9 Å². The molecule has 3 N–H and O–H groups in total. The van der Waals surface area contributed by atoms with E-state index in [0.717, 1.165) is 57.1 Å². The van der Waals surface area contributed by atoms with Crippen molar-refractivity contribution >= 4 is 17.6 Å². The summed E-state index contributed by atoms with van der Waals surface area (Å²) in [5, 5.41) is 11.2. The van der Waals surface area contributed by atoms with Gasteiger partial charge in [-0.1, -0.05) is 48.0 Å². The molecule has 31 heavy (non-hydrogen) atoms. The number of aromatic nitrogens is 1. The molecule has 0 radical (unpaired) electrons. The highest BCUT2D eigenvalue weighted by Gasteiger charge is 2.34. The van der Waals surface area contributed by atoms with Crippen LogP contribution in [0.2, 0.25) is 5.15 Å². The van der Waals surface area contributed by atoms with Gasteiger partial charge in [-0.25, -0.2) is 4.98 Å². The van der Waals surface area contributed by atoms with Crippen LogP contribution in [0, 0.1) is 0 Å². The van der Waals surface area contributed by atoms with Crippen molar-refractivity contribution in [1.29, 1.82) is 0 Å². The summed E-state index contributed by atoms with van der Waals surface area (Å²) in [5.41, 5.74) is 2.36. The Bertz CT molecular complexity index is 806. The maximum absolute atomic E-state index is 5.87. The molecule has 2 heterocycles. The van der Waals surface area contributed by atoms with E-state index in [1.54, 1.807) is 0 Å². The smallest absolute Gasteiger partial charge is 0.191 e. The number of halogens is 1. The molecule has 2 aromatic rings. The Morgan fingerprint density at radius 2 is 1.94 bits per heavy atom. The molecule has 1 aliphatic heterocycles. The summed E-state index contributed by atoms with van der Waals surface area (Å²) >= 11 is 5.87. The zero-order valence-electron chi connectivity index (χ0n) is 18.5. The average Bonchev–Trinajstić information content (AvgIpc) is 2.80. The van der Waals surface area contributed by atoms with Crippen molar-refractivity contribution in [3.8, 4) is 0 Å². The number of pyridine rings is 1. The van der Waals surface area contributed by atoms with Gasteiger partial charge >= 0.3 is 0 Å². The average molecular weight is 444 g/mol. The maximum atomic E-state index is 5.87. The van der Waals surface area contributed by atoms with Crippen molar-refractivity contribution in [2.24, 2.45) is 4.99 Å². The zero-order chi connectivity index (χ0) is 21.9. The molecule has 0 amide bonds. The number of ether oxygens (including phenoxy) is 1. The number of nitrogens with one attached hydrogen (secondary N) is 3. The molecular formula is C24H34ClN5O. The lowest BCUT2D eigenvalue weighted by Crippen LogP contribution is -2.53. The summed E-state index contributed by atoms with van der Waals surface area (Å²) in [5.74, 6) is 0.837. The van der Waals surface area contributed by atoms with E-state index in [4.69, 9.17) is 21.3 Å². The molecule has 168 valence electrons. The van der Waals surface area contributed by atoms with Crippen molar-refractivity contribution in [2.75, 3.05) is 32.8 Å². The number of hydrogen-bond donors (Lipinski definition) is 3. The van der Waals surface area contributed by atoms with Crippen molar-refractivity contribution in [3.63, 3.8) is 0 Å². The molecule has 1 fully saturated rings. The van der Waals surface area contributed by atoms with Crippen molar-refractivity contribution < 1.29 is 4.74 Å². The van der Waals surface area contributed by atoms with Gasteiger partial charge in [-0.05, 0) is 50.3 Å². The summed E-state index contributed by atoms with van der Waals surface area (Å²) in [6.07, 6.45) is 4.57. The first-order chi connectivity index (χ1) is 15.1. The molecule has 0 bridgehead atoms. The molecule has 1 aliphatic rings. The molecule has 0 saturated carbocycles. The third-order valence-electron chi connectivity index (χ3n) is 5.65. The number of aliphatic imine (C=N–C) groups is 1. The third kappa shape index (κ3) is 7.49. The van der Waals surface area contributed by atoms with E-state index in [-0.39, 0.29) is 11.6 Å². The van der Waals surface area contributed by atoms with E-state index in [0.29, 0.717) is 11.7 Å². The first-order valence-corrected chi connectivity index (χ1v) is 11.5. The molecular weight excluding hydrogens is 410 g/mol. The predicted octanol–water partition coefficient (Wildman–Crippen LogP) is 3.73. The van der Waals surface area contributed by atoms with E-state index in [2.05, 4.69) is 65.1 Å². The largest absolute Gasteiger partial charge is 0.381 e. The SMILES string of the molecule is CCNC(=NCC1(NC(C)c2ccccc2)CCOCC1)NCCc1ccc(Cl)nc1. The van der Waals surface area contributed by atoms with Gasteiger partial charge in [-0.15, -0.1) is 0 Å². The van der Waals surface area contributed by atoms with Crippen LogP contribution in [0.4, 0.5) is 0 Å². The lowest BCUT2D eigenvalue weighted by molar-refractivity contribution is 0.0374. The lowest BCUT2D eigenvalue weighted by Gasteiger charge is -2.39. The number of nitrogens with zero attached hydrogens (tertiary/aromatic N) is 2. The second kappa shape index (κ2) is 12.0. The molecule has 0 spiro atoms. The van der Waals surface area contributed by atoms with Gasteiger partial charge in [0.2, 0.25) is 0 Å². The highest BCUT2D eigenvalue weighted by atomic mass is 35.5. The van der Waals surface area contributed by atoms with E-state index in [9.17, 15) is 0 Å². The Morgan fingerprint density at radius 1 is 1.16 bits per heavy atom. The molecule has 6 nitrogen and oxygen atoms in total. The van der Waals surface area contributed by atoms with Crippen LogP contribution >= 0.6 is 11.6 Å². The van der Waals surface area contributed by atoms with Gasteiger partial charge in [0.1, 0.15) is 5.15 Å². The third-order valence-corrected chi connectivity index (χ3v) is 5.87. The fraction of sp³-hybridized carbons (Fsp3) is 0.500. The number of guanidine groups is 1. The Kier molecular flexibility index (Phi) is 9.13. The maximum Gasteiger partial charge on any atom is 0.191 e. The van der Waals surface area contributed by atoms with Crippen LogP contribution < -0.4 is 16.0 Å². The standard InChI is InChI=1S/C24H34ClN5O/c1-3-26-23(27-14-11-20-9-10-22(25)28-17-20)29-18-24(12-15-31-16-13-24)30-19(2)21-7-5-4-6-8-21/h4-10,17,19,30H,3,11-16,18H2,1-2H3,(H2,26,27,29). The first kappa shape index (κ1) is 23.5. The number of rotatable bonds is 9. The van der Waals surface area contributed by atoms with Crippen molar-refractivity contribution in [2.45, 2.75) is 44.7 Å². The number of hydrogen-bond acceptors (Lipinski definition) is 4. The highest BCUT2D eigenvalue weighted by Crippen LogP contribution is 2.26. The minimum Gasteiger partial charge on any atom is -0.381 e. The lowest BCUT2D eigenvalue weighted by atomic mass is 9.88. The normalized spacial score (nSPS) is 17.2. The molecule has 1 aromatic heterocycles. The molecule has 7 heteroatoms. The topological polar surface area (TPSA) is 70.6 Å². The quantitative estimate of drug-likeness (QED) is 0.313. The monoisotopic (exact) mass is 443 g/mol. The zero-order valence-corrected chi connectivity index (χ0v) is 19.3. The predicted molar refractivity (Wildman–Crippen MR) is 128 cm³/mol. The fourth-order valence-corrected chi connectivity index (χ4v) is 3.96. The second-order valence-electron chi connectivity index (χ2n) is 8.03. The summed E-state index contributed by atoms with van der Waals surface area (Å²) in [4.78, 5) is 9.08. The van der Waals surface area contributed by atoms with E-state index in [1.807, 2.05) is 18.3 Å². The van der Waals surface area contributed by atoms with Gasteiger partial charge in [0.05, 0.1) is 6.54 Å². The Morgan fingerprint density at radius 3 is 2.61 bits per heavy atom. The molecule has 1 unspecified atom stereocenters. The fourth-order valence-electron chi connectivity index (χ4n) is 3.85. The van der Waals surface area contributed by atoms with Crippen LogP contribution in [0.25, 0.3) is 0 Å². The summed E-state index contributed by atoms with van der Waals surface area (Å²) in [6, 6.07) is 14.7. The van der Waals surface area contributed by atoms with Gasteiger partial charge in [0.15, 0.2) is 5.96 Å². The van der Waals surface area contributed by atoms with Gasteiger partial charge in [0, 0.05) is 44.1 Å². The van der Waals surface area contributed by atoms with Crippen LogP contribution in [0.3, 0.4) is 0 Å². The Hall–Kier alpha value is -2.15. The highest BCUT2D eigenvalue weighted by molar-refractivity contribution is 6.29. The first-order valence-electron chi connectivity index (χ1n) is 11.1. The van der Waals surface area contributed by atoms with Crippen LogP contribution in [-0.2, 0) is 11.2 Å². The van der Waals surface area contributed by atoms with E-state index < -0.39 is 0 Å². The summed E-state index contributed by atoms with van der Waals surface area (Å²) < 4.78 is 5.65. The van der Waals surface area contributed by atoms with Gasteiger partial charge < -0.3 is 20.7 Å². The molecule has 0 aliphatic carbocycles. The van der Waals surface area contributed by atoms with Gasteiger partial charge in [0.25, 0.3) is 0 Å². The summed E-state index contributed by atoms with van der Waals surface area (Å²) in [7, 11) is 0. The van der Waals surface area contributed by atoms with Gasteiger partial charge in [-0.3, -0.25) is 4.99 Å². The van der Waals surface area contributed by atoms with Crippen molar-refractivity contribution in [1.82, 2.24) is 20.9 Å². The second-order valence-corrected chi connectivity index (χ2v) is 8.42. The van der Waals surface area contributed by atoms with Crippen LogP contribution in [0.1, 0.15) is 43.9 Å². The minimum atomic E-state index is -0.0735. The summed E-state index contributed by atoms with van der Waals surface area (Å²) in [6.45, 7) is 8.12. The molecule has 1 aromatic carbocycles. The van der Waals surface area contributed by atoms with Gasteiger partial charge in [-0.2, -0.15) is 0 Å². The Balaban J connectivity index is 1.62.